The molecule has 0 radical (unpaired) electrons. The Balaban J connectivity index is 0.000000139. The van der Waals surface area contributed by atoms with Gasteiger partial charge in [0.2, 0.25) is 0 Å². The normalized spacial score (nSPS) is 10.2. The maximum absolute atomic E-state index is 2.22. The van der Waals surface area contributed by atoms with Crippen LogP contribution >= 0.6 is 0 Å². The Hall–Kier alpha value is -3.38. The maximum Gasteiger partial charge on any atom is -0.0152 e. The summed E-state index contributed by atoms with van der Waals surface area (Å²) in [4.78, 5) is 0. The highest BCUT2D eigenvalue weighted by molar-refractivity contribution is 5.88. The fourth-order valence-corrected chi connectivity index (χ4v) is 3.83. The number of fused-ring (bicyclic) bond motifs is 2. The van der Waals surface area contributed by atoms with E-state index < -0.39 is 0 Å². The molecule has 5 aromatic rings. The molecule has 0 spiro atoms. The zero-order valence-corrected chi connectivity index (χ0v) is 20.2. The van der Waals surface area contributed by atoms with Crippen LogP contribution in [0, 0.1) is 41.5 Å². The molecule has 0 heteroatoms. The monoisotopic (exact) mass is 418 g/mol. The summed E-state index contributed by atoms with van der Waals surface area (Å²) < 4.78 is 0. The van der Waals surface area contributed by atoms with Crippen LogP contribution in [0.2, 0.25) is 0 Å². The molecule has 0 nitrogen and oxygen atoms in total. The van der Waals surface area contributed by atoms with Gasteiger partial charge in [-0.05, 0) is 90.9 Å². The average Bonchev–Trinajstić information content (AvgIpc) is 2.79. The first kappa shape index (κ1) is 23.3. The SMILES string of the molecule is Cc1ccc(C)c2ccccc12.Cc1ccc2c(C)cccc2c1.Cc1ccccc1C. The van der Waals surface area contributed by atoms with E-state index in [-0.39, 0.29) is 0 Å². The van der Waals surface area contributed by atoms with Crippen LogP contribution < -0.4 is 0 Å². The van der Waals surface area contributed by atoms with Crippen LogP contribution in [-0.4, -0.2) is 0 Å². The van der Waals surface area contributed by atoms with Gasteiger partial charge < -0.3 is 0 Å². The van der Waals surface area contributed by atoms with E-state index in [2.05, 4.69) is 139 Å². The van der Waals surface area contributed by atoms with Crippen molar-refractivity contribution in [2.75, 3.05) is 0 Å². The number of rotatable bonds is 0. The highest BCUT2D eigenvalue weighted by atomic mass is 14.0. The Labute approximate surface area is 193 Å². The van der Waals surface area contributed by atoms with Crippen molar-refractivity contribution in [3.8, 4) is 0 Å². The summed E-state index contributed by atoms with van der Waals surface area (Å²) in [6.07, 6.45) is 0. The van der Waals surface area contributed by atoms with E-state index in [0.29, 0.717) is 0 Å². The summed E-state index contributed by atoms with van der Waals surface area (Å²) in [6, 6.07) is 34.3. The van der Waals surface area contributed by atoms with Crippen molar-refractivity contribution in [1.82, 2.24) is 0 Å². The molecular formula is C32H34. The van der Waals surface area contributed by atoms with Crippen LogP contribution in [0.25, 0.3) is 21.5 Å². The van der Waals surface area contributed by atoms with Gasteiger partial charge in [0.1, 0.15) is 0 Å². The van der Waals surface area contributed by atoms with Gasteiger partial charge in [0.15, 0.2) is 0 Å². The lowest BCUT2D eigenvalue weighted by molar-refractivity contribution is 1.34. The van der Waals surface area contributed by atoms with Gasteiger partial charge in [-0.2, -0.15) is 0 Å². The predicted molar refractivity (Wildman–Crippen MR) is 143 cm³/mol. The summed E-state index contributed by atoms with van der Waals surface area (Å²) in [7, 11) is 0. The molecule has 0 atom stereocenters. The van der Waals surface area contributed by atoms with Crippen LogP contribution in [0.3, 0.4) is 0 Å². The van der Waals surface area contributed by atoms with E-state index in [9.17, 15) is 0 Å². The first-order chi connectivity index (χ1) is 15.4. The minimum atomic E-state index is 1.33. The molecule has 0 saturated heterocycles. The Bertz CT molecular complexity index is 1260. The number of benzene rings is 5. The molecular weight excluding hydrogens is 384 g/mol. The average molecular weight is 419 g/mol. The van der Waals surface area contributed by atoms with Crippen LogP contribution in [-0.2, 0) is 0 Å². The largest absolute Gasteiger partial charge is 0.0620 e. The first-order valence-corrected chi connectivity index (χ1v) is 11.3. The Morgan fingerprint density at radius 1 is 0.344 bits per heavy atom. The summed E-state index contributed by atoms with van der Waals surface area (Å²) in [5, 5.41) is 5.45. The van der Waals surface area contributed by atoms with Crippen molar-refractivity contribution in [2.24, 2.45) is 0 Å². The van der Waals surface area contributed by atoms with E-state index in [4.69, 9.17) is 0 Å². The first-order valence-electron chi connectivity index (χ1n) is 11.3. The smallest absolute Gasteiger partial charge is 0.0152 e. The molecule has 0 fully saturated rings. The van der Waals surface area contributed by atoms with Crippen molar-refractivity contribution in [2.45, 2.75) is 41.5 Å². The minimum absolute atomic E-state index is 1.33. The third-order valence-electron chi connectivity index (χ3n) is 6.04. The number of aryl methyl sites for hydroxylation is 6. The molecule has 5 aromatic carbocycles. The summed E-state index contributed by atoms with van der Waals surface area (Å²) in [6.45, 7) is 12.8. The lowest BCUT2D eigenvalue weighted by Gasteiger charge is -2.03. The topological polar surface area (TPSA) is 0 Å². The van der Waals surface area contributed by atoms with E-state index in [1.165, 1.54) is 54.9 Å². The van der Waals surface area contributed by atoms with E-state index in [1.54, 1.807) is 0 Å². The summed E-state index contributed by atoms with van der Waals surface area (Å²) >= 11 is 0. The van der Waals surface area contributed by atoms with E-state index in [0.717, 1.165) is 0 Å². The van der Waals surface area contributed by atoms with Gasteiger partial charge in [0, 0.05) is 0 Å². The fraction of sp³-hybridized carbons (Fsp3) is 0.188. The second-order valence-corrected chi connectivity index (χ2v) is 8.63. The van der Waals surface area contributed by atoms with E-state index in [1.807, 2.05) is 0 Å². The molecule has 0 saturated carbocycles. The van der Waals surface area contributed by atoms with Crippen molar-refractivity contribution in [3.63, 3.8) is 0 Å². The molecule has 0 amide bonds. The zero-order valence-electron chi connectivity index (χ0n) is 20.2. The number of hydrogen-bond acceptors (Lipinski definition) is 0. The van der Waals surface area contributed by atoms with Crippen LogP contribution in [0.5, 0.6) is 0 Å². The third-order valence-corrected chi connectivity index (χ3v) is 6.04. The van der Waals surface area contributed by atoms with Crippen LogP contribution in [0.1, 0.15) is 33.4 Å². The third kappa shape index (κ3) is 5.86. The molecule has 0 unspecified atom stereocenters. The standard InChI is InChI=1S/2C12H12.C8H10/c1-9-6-7-12-10(2)4-3-5-11(12)8-9;1-9-7-8-10(2)12-6-4-3-5-11(9)12;1-7-5-3-4-6-8(7)2/h2*3-8H,1-2H3;3-6H,1-2H3. The van der Waals surface area contributed by atoms with Gasteiger partial charge in [-0.25, -0.2) is 0 Å². The fourth-order valence-electron chi connectivity index (χ4n) is 3.83. The quantitative estimate of drug-likeness (QED) is 0.235. The van der Waals surface area contributed by atoms with Gasteiger partial charge in [-0.1, -0.05) is 103 Å². The summed E-state index contributed by atoms with van der Waals surface area (Å²) in [5.41, 5.74) is 8.13. The van der Waals surface area contributed by atoms with Gasteiger partial charge in [0.05, 0.1) is 0 Å². The predicted octanol–water partition coefficient (Wildman–Crippen LogP) is 9.22. The highest BCUT2D eigenvalue weighted by Gasteiger charge is 1.97. The van der Waals surface area contributed by atoms with Crippen LogP contribution in [0.4, 0.5) is 0 Å². The molecule has 5 rings (SSSR count). The molecule has 0 aromatic heterocycles. The second kappa shape index (κ2) is 10.8. The lowest BCUT2D eigenvalue weighted by atomic mass is 10.0. The van der Waals surface area contributed by atoms with Crippen molar-refractivity contribution in [3.05, 3.63) is 130 Å². The highest BCUT2D eigenvalue weighted by Crippen LogP contribution is 2.21. The Morgan fingerprint density at radius 2 is 0.812 bits per heavy atom. The van der Waals surface area contributed by atoms with Gasteiger partial charge >= 0.3 is 0 Å². The Morgan fingerprint density at radius 3 is 1.34 bits per heavy atom. The minimum Gasteiger partial charge on any atom is -0.0620 e. The van der Waals surface area contributed by atoms with E-state index >= 15 is 0 Å². The molecule has 0 aliphatic carbocycles. The van der Waals surface area contributed by atoms with Crippen molar-refractivity contribution < 1.29 is 0 Å². The number of hydrogen-bond donors (Lipinski definition) is 0. The van der Waals surface area contributed by atoms with Gasteiger partial charge in [-0.15, -0.1) is 0 Å². The zero-order chi connectivity index (χ0) is 23.1. The lowest BCUT2D eigenvalue weighted by Crippen LogP contribution is -1.80. The maximum atomic E-state index is 2.22. The molecule has 32 heavy (non-hydrogen) atoms. The van der Waals surface area contributed by atoms with Crippen molar-refractivity contribution in [1.29, 1.82) is 0 Å². The second-order valence-electron chi connectivity index (χ2n) is 8.63. The van der Waals surface area contributed by atoms with Crippen molar-refractivity contribution >= 4 is 21.5 Å². The Kier molecular flexibility index (Phi) is 7.84. The molecule has 0 bridgehead atoms. The molecule has 0 aliphatic heterocycles. The molecule has 162 valence electrons. The van der Waals surface area contributed by atoms with Crippen LogP contribution in [0.15, 0.2) is 97.1 Å². The molecule has 0 aliphatic rings. The van der Waals surface area contributed by atoms with Gasteiger partial charge in [-0.3, -0.25) is 0 Å². The molecule has 0 heterocycles. The molecule has 0 N–H and O–H groups in total. The van der Waals surface area contributed by atoms with Gasteiger partial charge in [0.25, 0.3) is 0 Å². The summed E-state index contributed by atoms with van der Waals surface area (Å²) in [5.74, 6) is 0.